The van der Waals surface area contributed by atoms with Gasteiger partial charge in [0, 0.05) is 12.1 Å². The second-order valence-electron chi connectivity index (χ2n) is 7.60. The molecule has 3 aliphatic rings. The number of nitrogen functional groups attached to an aromatic ring is 1. The van der Waals surface area contributed by atoms with Crippen LogP contribution in [-0.4, -0.2) is 41.6 Å². The lowest BCUT2D eigenvalue weighted by Gasteiger charge is -2.34. The Hall–Kier alpha value is -2.97. The van der Waals surface area contributed by atoms with Crippen LogP contribution >= 0.6 is 0 Å². The van der Waals surface area contributed by atoms with Gasteiger partial charge in [-0.15, -0.1) is 0 Å². The van der Waals surface area contributed by atoms with E-state index in [2.05, 4.69) is 17.6 Å². The molecule has 1 saturated carbocycles. The number of anilines is 2. The molecule has 9 nitrogen and oxygen atoms in total. The van der Waals surface area contributed by atoms with Crippen molar-refractivity contribution in [2.75, 3.05) is 24.4 Å². The maximum atomic E-state index is 12.9. The minimum atomic E-state index is -0.860. The number of carbonyl (C=O) groups excluding carboxylic acids is 3. The molecule has 4 amide bonds. The molecule has 4 rings (SSSR count). The number of ether oxygens (including phenoxy) is 2. The Bertz CT molecular complexity index is 832. The summed E-state index contributed by atoms with van der Waals surface area (Å²) in [6.45, 7) is 1.86. The number of nitrogens with one attached hydrogen (secondary N) is 2. The molecule has 0 radical (unpaired) electrons. The van der Waals surface area contributed by atoms with E-state index in [4.69, 9.17) is 15.2 Å². The van der Waals surface area contributed by atoms with E-state index in [1.807, 2.05) is 0 Å². The molecule has 9 heteroatoms. The van der Waals surface area contributed by atoms with Crippen LogP contribution in [0, 0.1) is 5.92 Å². The first-order valence-corrected chi connectivity index (χ1v) is 9.55. The van der Waals surface area contributed by atoms with Crippen molar-refractivity contribution >= 4 is 29.2 Å². The first-order valence-electron chi connectivity index (χ1n) is 9.55. The van der Waals surface area contributed by atoms with Gasteiger partial charge in [0.05, 0.1) is 11.4 Å². The van der Waals surface area contributed by atoms with Crippen molar-refractivity contribution in [2.24, 2.45) is 5.92 Å². The van der Waals surface area contributed by atoms with Gasteiger partial charge in [0.2, 0.25) is 12.7 Å². The van der Waals surface area contributed by atoms with E-state index in [1.54, 1.807) is 12.1 Å². The summed E-state index contributed by atoms with van der Waals surface area (Å²) in [6.07, 6.45) is 4.10. The highest BCUT2D eigenvalue weighted by molar-refractivity contribution is 6.10. The molecule has 0 bridgehead atoms. The fourth-order valence-corrected chi connectivity index (χ4v) is 4.14. The summed E-state index contributed by atoms with van der Waals surface area (Å²) in [4.78, 5) is 38.7. The van der Waals surface area contributed by atoms with Gasteiger partial charge in [-0.2, -0.15) is 0 Å². The Morgan fingerprint density at radius 2 is 1.96 bits per heavy atom. The third-order valence-corrected chi connectivity index (χ3v) is 5.90. The van der Waals surface area contributed by atoms with Crippen molar-refractivity contribution in [1.29, 1.82) is 0 Å². The van der Waals surface area contributed by atoms with E-state index in [1.165, 1.54) is 0 Å². The predicted octanol–water partition coefficient (Wildman–Crippen LogP) is 1.83. The number of carbonyl (C=O) groups is 3. The van der Waals surface area contributed by atoms with Crippen molar-refractivity contribution in [3.05, 3.63) is 12.1 Å². The molecule has 1 aliphatic carbocycles. The fraction of sp³-hybridized carbons (Fsp3) is 0.526. The van der Waals surface area contributed by atoms with Gasteiger partial charge in [-0.25, -0.2) is 4.79 Å². The molecule has 1 aromatic rings. The van der Waals surface area contributed by atoms with E-state index in [-0.39, 0.29) is 19.2 Å². The highest BCUT2D eigenvalue weighted by Crippen LogP contribution is 2.39. The summed E-state index contributed by atoms with van der Waals surface area (Å²) in [5, 5.41) is 5.47. The average Bonchev–Trinajstić information content (AvgIpc) is 3.21. The van der Waals surface area contributed by atoms with E-state index in [9.17, 15) is 14.4 Å². The molecule has 2 fully saturated rings. The van der Waals surface area contributed by atoms with E-state index < -0.39 is 17.5 Å². The second kappa shape index (κ2) is 6.88. The standard InChI is InChI=1S/C19H24N4O5/c1-2-11-3-5-19(6-4-11)17(25)23(18(26)22-19)9-16(24)21-13-8-15-14(7-12(13)20)27-10-28-15/h7-8,11H,2-6,9-10,20H2,1H3,(H,21,24)(H,22,26). The Balaban J connectivity index is 1.42. The lowest BCUT2D eigenvalue weighted by atomic mass is 9.75. The summed E-state index contributed by atoms with van der Waals surface area (Å²) in [6, 6.07) is 2.61. The number of fused-ring (bicyclic) bond motifs is 1. The molecule has 1 aromatic carbocycles. The first kappa shape index (κ1) is 18.4. The van der Waals surface area contributed by atoms with Crippen LogP contribution in [0.3, 0.4) is 0 Å². The molecular formula is C19H24N4O5. The third-order valence-electron chi connectivity index (χ3n) is 5.90. The SMILES string of the molecule is CCC1CCC2(CC1)NC(=O)N(CC(=O)Nc1cc3c(cc1N)OCO3)C2=O. The summed E-state index contributed by atoms with van der Waals surface area (Å²) in [5.74, 6) is 0.747. The molecule has 4 N–H and O–H groups in total. The van der Waals surface area contributed by atoms with Crippen LogP contribution in [0.15, 0.2) is 12.1 Å². The molecule has 2 aliphatic heterocycles. The van der Waals surface area contributed by atoms with Crippen LogP contribution in [0.5, 0.6) is 11.5 Å². The molecular weight excluding hydrogens is 364 g/mol. The number of hydrogen-bond donors (Lipinski definition) is 3. The second-order valence-corrected chi connectivity index (χ2v) is 7.60. The lowest BCUT2D eigenvalue weighted by molar-refractivity contribution is -0.135. The van der Waals surface area contributed by atoms with Gasteiger partial charge in [-0.05, 0) is 31.6 Å². The van der Waals surface area contributed by atoms with Crippen LogP contribution < -0.4 is 25.8 Å². The van der Waals surface area contributed by atoms with Crippen LogP contribution in [0.25, 0.3) is 0 Å². The van der Waals surface area contributed by atoms with Gasteiger partial charge in [0.1, 0.15) is 12.1 Å². The van der Waals surface area contributed by atoms with E-state index in [0.717, 1.165) is 24.2 Å². The fourth-order valence-electron chi connectivity index (χ4n) is 4.14. The summed E-state index contributed by atoms with van der Waals surface area (Å²) in [5.41, 5.74) is 5.73. The normalized spacial score (nSPS) is 25.9. The topological polar surface area (TPSA) is 123 Å². The van der Waals surface area contributed by atoms with Gasteiger partial charge in [-0.3, -0.25) is 14.5 Å². The number of hydrogen-bond acceptors (Lipinski definition) is 6. The average molecular weight is 388 g/mol. The largest absolute Gasteiger partial charge is 0.454 e. The van der Waals surface area contributed by atoms with Gasteiger partial charge in [0.25, 0.3) is 5.91 Å². The minimum absolute atomic E-state index is 0.0929. The van der Waals surface area contributed by atoms with E-state index >= 15 is 0 Å². The number of benzene rings is 1. The first-order chi connectivity index (χ1) is 13.4. The van der Waals surface area contributed by atoms with Crippen molar-refractivity contribution < 1.29 is 23.9 Å². The maximum absolute atomic E-state index is 12.9. The monoisotopic (exact) mass is 388 g/mol. The molecule has 28 heavy (non-hydrogen) atoms. The van der Waals surface area contributed by atoms with Gasteiger partial charge >= 0.3 is 6.03 Å². The third kappa shape index (κ3) is 3.10. The Labute approximate surface area is 162 Å². The van der Waals surface area contributed by atoms with Crippen LogP contribution in [0.4, 0.5) is 16.2 Å². The van der Waals surface area contributed by atoms with Gasteiger partial charge in [0.15, 0.2) is 11.5 Å². The zero-order valence-corrected chi connectivity index (χ0v) is 15.7. The van der Waals surface area contributed by atoms with Crippen LogP contribution in [0.2, 0.25) is 0 Å². The van der Waals surface area contributed by atoms with Gasteiger partial charge < -0.3 is 25.8 Å². The lowest BCUT2D eigenvalue weighted by Crippen LogP contribution is -2.49. The zero-order chi connectivity index (χ0) is 19.9. The van der Waals surface area contributed by atoms with Crippen molar-refractivity contribution in [3.63, 3.8) is 0 Å². The quantitative estimate of drug-likeness (QED) is 0.534. The molecule has 0 aromatic heterocycles. The summed E-state index contributed by atoms with van der Waals surface area (Å²) >= 11 is 0. The Morgan fingerprint density at radius 3 is 2.64 bits per heavy atom. The molecule has 2 heterocycles. The smallest absolute Gasteiger partial charge is 0.325 e. The highest BCUT2D eigenvalue weighted by atomic mass is 16.7. The molecule has 1 saturated heterocycles. The predicted molar refractivity (Wildman–Crippen MR) is 101 cm³/mol. The minimum Gasteiger partial charge on any atom is -0.454 e. The summed E-state index contributed by atoms with van der Waals surface area (Å²) in [7, 11) is 0. The van der Waals surface area contributed by atoms with Crippen molar-refractivity contribution in [3.8, 4) is 11.5 Å². The number of rotatable bonds is 4. The highest BCUT2D eigenvalue weighted by Gasteiger charge is 2.52. The van der Waals surface area contributed by atoms with Crippen LogP contribution in [-0.2, 0) is 9.59 Å². The number of imide groups is 1. The number of nitrogens with two attached hydrogens (primary N) is 1. The van der Waals surface area contributed by atoms with Gasteiger partial charge in [-0.1, -0.05) is 13.3 Å². The van der Waals surface area contributed by atoms with Crippen molar-refractivity contribution in [1.82, 2.24) is 10.2 Å². The molecule has 1 spiro atoms. The Morgan fingerprint density at radius 1 is 1.29 bits per heavy atom. The van der Waals surface area contributed by atoms with Crippen molar-refractivity contribution in [2.45, 2.75) is 44.6 Å². The number of urea groups is 1. The number of amides is 4. The van der Waals surface area contributed by atoms with Crippen LogP contribution in [0.1, 0.15) is 39.0 Å². The zero-order valence-electron chi connectivity index (χ0n) is 15.7. The Kier molecular flexibility index (Phi) is 4.52. The summed E-state index contributed by atoms with van der Waals surface area (Å²) < 4.78 is 10.5. The van der Waals surface area contributed by atoms with E-state index in [0.29, 0.717) is 41.6 Å². The maximum Gasteiger partial charge on any atom is 0.325 e. The molecule has 0 unspecified atom stereocenters. The number of nitrogens with zero attached hydrogens (tertiary/aromatic N) is 1. The molecule has 150 valence electrons. The molecule has 0 atom stereocenters.